The molecule has 0 saturated carbocycles. The first-order valence-corrected chi connectivity index (χ1v) is 9.36. The van der Waals surface area contributed by atoms with Crippen molar-refractivity contribution in [1.82, 2.24) is 14.7 Å². The van der Waals surface area contributed by atoms with Gasteiger partial charge in [0.2, 0.25) is 0 Å². The highest BCUT2D eigenvalue weighted by molar-refractivity contribution is 8.13. The number of benzene rings is 2. The van der Waals surface area contributed by atoms with Crippen LogP contribution in [-0.2, 0) is 7.05 Å². The van der Waals surface area contributed by atoms with Crippen LogP contribution < -0.4 is 5.32 Å². The molecule has 1 aromatic heterocycles. The molecule has 2 aromatic carbocycles. The minimum atomic E-state index is -0.801. The molecule has 1 heterocycles. The molecule has 3 aromatic rings. The van der Waals surface area contributed by atoms with Gasteiger partial charge >= 0.3 is 0 Å². The minimum absolute atomic E-state index is 0.0334. The van der Waals surface area contributed by atoms with Crippen LogP contribution in [-0.4, -0.2) is 39.9 Å². The lowest BCUT2D eigenvalue weighted by Crippen LogP contribution is -2.16. The molecule has 0 aliphatic heterocycles. The average molecular weight is 416 g/mol. The van der Waals surface area contributed by atoms with Gasteiger partial charge in [-0.15, -0.1) is 0 Å². The predicted octanol–water partition coefficient (Wildman–Crippen LogP) is 4.39. The molecule has 0 atom stereocenters. The van der Waals surface area contributed by atoms with Crippen LogP contribution in [0.1, 0.15) is 10.4 Å². The van der Waals surface area contributed by atoms with Gasteiger partial charge in [0.25, 0.3) is 11.1 Å². The van der Waals surface area contributed by atoms with Gasteiger partial charge in [0.05, 0.1) is 5.56 Å². The molecule has 0 unspecified atom stereocenters. The molecule has 6 nitrogen and oxygen atoms in total. The van der Waals surface area contributed by atoms with Crippen LogP contribution in [0.3, 0.4) is 0 Å². The third-order valence-corrected chi connectivity index (χ3v) is 4.99. The van der Waals surface area contributed by atoms with E-state index < -0.39 is 17.5 Å². The zero-order valence-electron chi connectivity index (χ0n) is 15.9. The van der Waals surface area contributed by atoms with Crippen molar-refractivity contribution in [2.75, 3.05) is 19.4 Å². The first-order chi connectivity index (χ1) is 13.7. The highest BCUT2D eigenvalue weighted by Gasteiger charge is 2.20. The lowest BCUT2D eigenvalue weighted by atomic mass is 10.1. The number of carbonyl (C=O) groups is 2. The van der Waals surface area contributed by atoms with Crippen LogP contribution in [0.15, 0.2) is 53.6 Å². The van der Waals surface area contributed by atoms with Gasteiger partial charge in [-0.3, -0.25) is 14.3 Å². The lowest BCUT2D eigenvalue weighted by molar-refractivity contribution is 0.102. The van der Waals surface area contributed by atoms with Crippen molar-refractivity contribution in [2.45, 2.75) is 4.90 Å². The Balaban J connectivity index is 1.80. The molecule has 150 valence electrons. The highest BCUT2D eigenvalue weighted by Crippen LogP contribution is 2.27. The van der Waals surface area contributed by atoms with Crippen LogP contribution in [0.25, 0.3) is 11.3 Å². The van der Waals surface area contributed by atoms with E-state index in [4.69, 9.17) is 0 Å². The summed E-state index contributed by atoms with van der Waals surface area (Å²) in [5.74, 6) is -2.00. The fourth-order valence-electron chi connectivity index (χ4n) is 2.53. The number of nitrogens with zero attached hydrogens (tertiary/aromatic N) is 3. The minimum Gasteiger partial charge on any atom is -0.339 e. The third-order valence-electron chi connectivity index (χ3n) is 3.94. The van der Waals surface area contributed by atoms with Crippen molar-refractivity contribution >= 4 is 28.6 Å². The van der Waals surface area contributed by atoms with E-state index in [1.807, 2.05) is 0 Å². The van der Waals surface area contributed by atoms with E-state index in [9.17, 15) is 18.4 Å². The normalized spacial score (nSPS) is 10.7. The van der Waals surface area contributed by atoms with E-state index in [2.05, 4.69) is 10.4 Å². The molecule has 0 saturated heterocycles. The largest absolute Gasteiger partial charge is 0.339 e. The van der Waals surface area contributed by atoms with E-state index in [-0.39, 0.29) is 22.1 Å². The lowest BCUT2D eigenvalue weighted by Gasteiger charge is -2.10. The molecule has 0 spiro atoms. The zero-order chi connectivity index (χ0) is 21.1. The molecular weight excluding hydrogens is 398 g/mol. The standard InChI is InChI=1S/C20H18F2N4O2S/c1-25(2)20(28)29-14-7-5-13(6-8-14)23-19(27)16-11-26(3)24-18(16)15-9-4-12(21)10-17(15)22/h4-11H,1-3H3,(H,23,27). The smallest absolute Gasteiger partial charge is 0.285 e. The highest BCUT2D eigenvalue weighted by atomic mass is 32.2. The maximum atomic E-state index is 14.2. The quantitative estimate of drug-likeness (QED) is 0.641. The Kier molecular flexibility index (Phi) is 5.97. The molecule has 29 heavy (non-hydrogen) atoms. The Morgan fingerprint density at radius 3 is 2.41 bits per heavy atom. The van der Waals surface area contributed by atoms with E-state index in [0.717, 1.165) is 28.8 Å². The molecule has 3 rings (SSSR count). The van der Waals surface area contributed by atoms with Crippen molar-refractivity contribution < 1.29 is 18.4 Å². The van der Waals surface area contributed by atoms with E-state index >= 15 is 0 Å². The molecule has 2 amide bonds. The molecule has 0 fully saturated rings. The molecule has 0 aliphatic carbocycles. The summed E-state index contributed by atoms with van der Waals surface area (Å²) in [6, 6.07) is 9.86. The second kappa shape index (κ2) is 8.44. The van der Waals surface area contributed by atoms with Crippen LogP contribution in [0.2, 0.25) is 0 Å². The summed E-state index contributed by atoms with van der Waals surface area (Å²) < 4.78 is 28.8. The summed E-state index contributed by atoms with van der Waals surface area (Å²) in [5, 5.41) is 6.76. The van der Waals surface area contributed by atoms with Gasteiger partial charge in [0.15, 0.2) is 0 Å². The van der Waals surface area contributed by atoms with Gasteiger partial charge in [-0.25, -0.2) is 8.78 Å². The number of rotatable bonds is 4. The number of aryl methyl sites for hydroxylation is 1. The topological polar surface area (TPSA) is 67.2 Å². The molecule has 0 aliphatic rings. The first-order valence-electron chi connectivity index (χ1n) is 8.54. The second-order valence-electron chi connectivity index (χ2n) is 6.43. The SMILES string of the molecule is CN(C)C(=O)Sc1ccc(NC(=O)c2cn(C)nc2-c2ccc(F)cc2F)cc1. The maximum absolute atomic E-state index is 14.2. The average Bonchev–Trinajstić information content (AvgIpc) is 3.04. The van der Waals surface area contributed by atoms with Crippen LogP contribution in [0.5, 0.6) is 0 Å². The fourth-order valence-corrected chi connectivity index (χ4v) is 3.19. The Hall–Kier alpha value is -3.20. The number of hydrogen-bond acceptors (Lipinski definition) is 4. The fraction of sp³-hybridized carbons (Fsp3) is 0.150. The number of aromatic nitrogens is 2. The number of hydrogen-bond donors (Lipinski definition) is 1. The Morgan fingerprint density at radius 2 is 1.79 bits per heavy atom. The summed E-state index contributed by atoms with van der Waals surface area (Å²) in [6.07, 6.45) is 1.47. The molecule has 0 radical (unpaired) electrons. The third kappa shape index (κ3) is 4.80. The number of nitrogens with one attached hydrogen (secondary N) is 1. The number of anilines is 1. The first kappa shape index (κ1) is 20.5. The van der Waals surface area contributed by atoms with Gasteiger partial charge in [-0.1, -0.05) is 0 Å². The van der Waals surface area contributed by atoms with Crippen molar-refractivity contribution in [3.05, 3.63) is 65.9 Å². The van der Waals surface area contributed by atoms with Gasteiger partial charge in [0, 0.05) is 49.6 Å². The summed E-state index contributed by atoms with van der Waals surface area (Å²) in [6.45, 7) is 0. The second-order valence-corrected chi connectivity index (χ2v) is 7.45. The number of thioether (sulfide) groups is 1. The van der Waals surface area contributed by atoms with Gasteiger partial charge in [-0.05, 0) is 48.2 Å². The van der Waals surface area contributed by atoms with Crippen molar-refractivity contribution in [3.63, 3.8) is 0 Å². The molecule has 1 N–H and O–H groups in total. The molecular formula is C20H18F2N4O2S. The summed E-state index contributed by atoms with van der Waals surface area (Å²) >= 11 is 1.07. The van der Waals surface area contributed by atoms with Gasteiger partial charge in [0.1, 0.15) is 17.3 Å². The van der Waals surface area contributed by atoms with Crippen molar-refractivity contribution in [1.29, 1.82) is 0 Å². The summed E-state index contributed by atoms with van der Waals surface area (Å²) in [7, 11) is 4.94. The van der Waals surface area contributed by atoms with E-state index in [1.165, 1.54) is 21.8 Å². The summed E-state index contributed by atoms with van der Waals surface area (Å²) in [4.78, 5) is 26.7. The number of amides is 2. The van der Waals surface area contributed by atoms with Crippen LogP contribution >= 0.6 is 11.8 Å². The Labute approximate surface area is 170 Å². The molecule has 9 heteroatoms. The van der Waals surface area contributed by atoms with Gasteiger partial charge in [-0.2, -0.15) is 5.10 Å². The van der Waals surface area contributed by atoms with Crippen molar-refractivity contribution in [2.24, 2.45) is 7.05 Å². The zero-order valence-corrected chi connectivity index (χ0v) is 16.8. The van der Waals surface area contributed by atoms with Crippen molar-refractivity contribution in [3.8, 4) is 11.3 Å². The number of carbonyl (C=O) groups excluding carboxylic acids is 2. The predicted molar refractivity (Wildman–Crippen MR) is 108 cm³/mol. The van der Waals surface area contributed by atoms with Crippen LogP contribution in [0, 0.1) is 11.6 Å². The Morgan fingerprint density at radius 1 is 1.10 bits per heavy atom. The number of halogens is 2. The van der Waals surface area contributed by atoms with Crippen LogP contribution in [0.4, 0.5) is 19.3 Å². The van der Waals surface area contributed by atoms with E-state index in [0.29, 0.717) is 5.69 Å². The van der Waals surface area contributed by atoms with Gasteiger partial charge < -0.3 is 10.2 Å². The maximum Gasteiger partial charge on any atom is 0.285 e. The summed E-state index contributed by atoms with van der Waals surface area (Å²) in [5.41, 5.74) is 0.808. The van der Waals surface area contributed by atoms with E-state index in [1.54, 1.807) is 45.4 Å². The Bertz CT molecular complexity index is 1060. The monoisotopic (exact) mass is 416 g/mol. The molecule has 0 bridgehead atoms.